The van der Waals surface area contributed by atoms with E-state index in [2.05, 4.69) is 250 Å². The van der Waals surface area contributed by atoms with E-state index in [1.54, 1.807) is 0 Å². The van der Waals surface area contributed by atoms with E-state index in [9.17, 15) is 0 Å². The smallest absolute Gasteiger partial charge is 0.333 e. The van der Waals surface area contributed by atoms with Crippen molar-refractivity contribution in [3.05, 3.63) is 235 Å². The Bertz CT molecular complexity index is 4670. The van der Waals surface area contributed by atoms with Crippen molar-refractivity contribution in [2.24, 2.45) is 0 Å². The zero-order valence-corrected chi connectivity index (χ0v) is 42.0. The molecule has 0 bridgehead atoms. The van der Waals surface area contributed by atoms with E-state index in [1.165, 1.54) is 77.5 Å². The molecule has 4 aliphatic rings. The lowest BCUT2D eigenvalue weighted by atomic mass is 9.43. The third kappa shape index (κ3) is 5.42. The Morgan fingerprint density at radius 1 is 0.373 bits per heavy atom. The maximum absolute atomic E-state index is 7.33. The number of furan rings is 2. The lowest BCUT2D eigenvalue weighted by molar-refractivity contribution is 0.660. The van der Waals surface area contributed by atoms with Crippen LogP contribution in [0.4, 0.5) is 28.4 Å². The number of para-hydroxylation sites is 1. The Morgan fingerprint density at radius 3 is 1.76 bits per heavy atom. The molecule has 0 atom stereocenters. The van der Waals surface area contributed by atoms with E-state index < -0.39 is 0 Å². The van der Waals surface area contributed by atoms with Gasteiger partial charge in [0.1, 0.15) is 16.7 Å². The van der Waals surface area contributed by atoms with Crippen LogP contribution in [-0.2, 0) is 10.8 Å². The molecule has 4 nitrogen and oxygen atoms in total. The molecule has 17 rings (SSSR count). The molecule has 0 spiro atoms. The number of anilines is 5. The summed E-state index contributed by atoms with van der Waals surface area (Å²) in [6.07, 6.45) is 0. The van der Waals surface area contributed by atoms with Gasteiger partial charge in [0.25, 0.3) is 0 Å². The molecule has 2 aromatic heterocycles. The first kappa shape index (κ1) is 41.4. The molecular formula is C70H47BN2O2. The van der Waals surface area contributed by atoms with Gasteiger partial charge in [-0.25, -0.2) is 0 Å². The van der Waals surface area contributed by atoms with Crippen LogP contribution < -0.4 is 20.6 Å². The topological polar surface area (TPSA) is 32.8 Å². The number of rotatable bonds is 3. The summed E-state index contributed by atoms with van der Waals surface area (Å²) in [5.41, 5.74) is 26.4. The van der Waals surface area contributed by atoms with Crippen molar-refractivity contribution in [1.29, 1.82) is 0 Å². The second-order valence-corrected chi connectivity index (χ2v) is 22.4. The predicted octanol–water partition coefficient (Wildman–Crippen LogP) is 17.6. The molecule has 0 amide bonds. The maximum atomic E-state index is 7.33. The summed E-state index contributed by atoms with van der Waals surface area (Å²) in [6.45, 7) is 9.27. The highest BCUT2D eigenvalue weighted by atomic mass is 16.3. The Morgan fingerprint density at radius 2 is 0.973 bits per heavy atom. The standard InChI is InChI=1S/C70H47BN2O2/c1-69(2)56-23-13-10-20-46(56)49-34-45(30-31-58(49)69)72-62-37-50-47-21-11-14-24-57(47)70(3,4)59(50)38-60(62)71-66-54(36-55-48-22-12-15-25-63(48)75-68(55)67(66)72)51-35-53-52-32-42-18-8-9-19-43(42)33-64(52)74-65(53)39-61(51)73(71)44-28-26-41(27-29-44)40-16-6-5-7-17-40/h5-39H,1-4H3. The summed E-state index contributed by atoms with van der Waals surface area (Å²) in [5, 5.41) is 6.77. The van der Waals surface area contributed by atoms with E-state index in [4.69, 9.17) is 8.83 Å². The highest BCUT2D eigenvalue weighted by Crippen LogP contribution is 2.57. The average molecular weight is 959 g/mol. The largest absolute Gasteiger partial charge is 0.456 e. The van der Waals surface area contributed by atoms with Gasteiger partial charge in [0, 0.05) is 66.8 Å². The molecule has 13 aromatic rings. The summed E-state index contributed by atoms with van der Waals surface area (Å²) in [6, 6.07) is 79.2. The second kappa shape index (κ2) is 14.4. The highest BCUT2D eigenvalue weighted by Gasteiger charge is 2.49. The van der Waals surface area contributed by atoms with E-state index in [1.807, 2.05) is 0 Å². The lowest BCUT2D eigenvalue weighted by Crippen LogP contribution is -2.61. The van der Waals surface area contributed by atoms with Crippen LogP contribution in [0.2, 0.25) is 0 Å². The van der Waals surface area contributed by atoms with Crippen molar-refractivity contribution in [1.82, 2.24) is 0 Å². The first-order valence-corrected chi connectivity index (χ1v) is 26.3. The third-order valence-electron chi connectivity index (χ3n) is 17.8. The van der Waals surface area contributed by atoms with Crippen LogP contribution in [0.3, 0.4) is 0 Å². The fraction of sp³-hybridized carbons (Fsp3) is 0.0857. The molecule has 0 fully saturated rings. The van der Waals surface area contributed by atoms with E-state index >= 15 is 0 Å². The SMILES string of the molecule is CC1(C)c2ccccc2-c2cc(N3c4cc5c(cc4B4c6c(cc7c(oc8ccccc87)c63)-c3cc6c(cc3N4c3ccc(-c4ccccc4)cc3)oc3cc4ccccc4cc36)C(C)(C)c3ccccc3-5)ccc21. The van der Waals surface area contributed by atoms with Gasteiger partial charge in [-0.1, -0.05) is 173 Å². The fourth-order valence-electron chi connectivity index (χ4n) is 14.2. The monoisotopic (exact) mass is 958 g/mol. The van der Waals surface area contributed by atoms with Crippen molar-refractivity contribution >= 4 is 101 Å². The summed E-state index contributed by atoms with van der Waals surface area (Å²) in [7, 11) is 0. The van der Waals surface area contributed by atoms with Crippen molar-refractivity contribution in [3.8, 4) is 44.5 Å². The van der Waals surface area contributed by atoms with Gasteiger partial charge in [-0.2, -0.15) is 0 Å². The number of fused-ring (bicyclic) bond motifs is 18. The van der Waals surface area contributed by atoms with E-state index in [-0.39, 0.29) is 17.7 Å². The van der Waals surface area contributed by atoms with Gasteiger partial charge in [-0.05, 0) is 144 Å². The molecule has 0 unspecified atom stereocenters. The zero-order chi connectivity index (χ0) is 49.6. The van der Waals surface area contributed by atoms with Crippen LogP contribution >= 0.6 is 0 Å². The Hall–Kier alpha value is -9.06. The van der Waals surface area contributed by atoms with Gasteiger partial charge < -0.3 is 18.5 Å². The van der Waals surface area contributed by atoms with Gasteiger partial charge in [-0.15, -0.1) is 0 Å². The molecule has 4 heterocycles. The lowest BCUT2D eigenvalue weighted by Gasteiger charge is -2.46. The van der Waals surface area contributed by atoms with Crippen LogP contribution in [0.5, 0.6) is 0 Å². The predicted molar refractivity (Wildman–Crippen MR) is 313 cm³/mol. The molecule has 2 aliphatic heterocycles. The summed E-state index contributed by atoms with van der Waals surface area (Å²) < 4.78 is 14.3. The van der Waals surface area contributed by atoms with Crippen molar-refractivity contribution < 1.29 is 8.83 Å². The second-order valence-electron chi connectivity index (χ2n) is 22.4. The van der Waals surface area contributed by atoms with Gasteiger partial charge >= 0.3 is 6.85 Å². The molecule has 0 saturated heterocycles. The van der Waals surface area contributed by atoms with Crippen molar-refractivity contribution in [3.63, 3.8) is 0 Å². The summed E-state index contributed by atoms with van der Waals surface area (Å²) in [5.74, 6) is 0. The van der Waals surface area contributed by atoms with Gasteiger partial charge in [-0.3, -0.25) is 0 Å². The first-order valence-electron chi connectivity index (χ1n) is 26.3. The normalized spacial score (nSPS) is 15.1. The van der Waals surface area contributed by atoms with Crippen LogP contribution in [0.15, 0.2) is 221 Å². The maximum Gasteiger partial charge on any atom is 0.333 e. The number of hydrogen-bond acceptors (Lipinski definition) is 4. The first-order chi connectivity index (χ1) is 36.7. The van der Waals surface area contributed by atoms with Crippen LogP contribution in [0, 0.1) is 0 Å². The fourth-order valence-corrected chi connectivity index (χ4v) is 14.2. The van der Waals surface area contributed by atoms with Crippen molar-refractivity contribution in [2.75, 3.05) is 9.71 Å². The molecule has 5 heteroatoms. The van der Waals surface area contributed by atoms with Crippen LogP contribution in [-0.4, -0.2) is 6.85 Å². The molecule has 75 heavy (non-hydrogen) atoms. The number of nitrogens with zero attached hydrogens (tertiary/aromatic N) is 2. The quantitative estimate of drug-likeness (QED) is 0.165. The number of benzene rings is 11. The third-order valence-corrected chi connectivity index (χ3v) is 17.8. The van der Waals surface area contributed by atoms with E-state index in [0.717, 1.165) is 83.3 Å². The Labute approximate surface area is 434 Å². The minimum Gasteiger partial charge on any atom is -0.456 e. The molecular weight excluding hydrogens is 912 g/mol. The van der Waals surface area contributed by atoms with Crippen molar-refractivity contribution in [2.45, 2.75) is 38.5 Å². The van der Waals surface area contributed by atoms with Gasteiger partial charge in [0.05, 0.1) is 5.69 Å². The summed E-state index contributed by atoms with van der Waals surface area (Å²) in [4.78, 5) is 5.20. The molecule has 352 valence electrons. The molecule has 2 aliphatic carbocycles. The molecule has 11 aromatic carbocycles. The van der Waals surface area contributed by atoms with Crippen LogP contribution in [0.1, 0.15) is 49.9 Å². The summed E-state index contributed by atoms with van der Waals surface area (Å²) >= 11 is 0. The molecule has 0 radical (unpaired) electrons. The Balaban J connectivity index is 1.03. The highest BCUT2D eigenvalue weighted by molar-refractivity contribution is 6.94. The van der Waals surface area contributed by atoms with Gasteiger partial charge in [0.2, 0.25) is 0 Å². The minimum atomic E-state index is -0.266. The van der Waals surface area contributed by atoms with Crippen LogP contribution in [0.25, 0.3) is 99.2 Å². The molecule has 0 saturated carbocycles. The molecule has 0 N–H and O–H groups in total. The number of hydrogen-bond donors (Lipinski definition) is 0. The Kier molecular flexibility index (Phi) is 7.94. The minimum absolute atomic E-state index is 0.140. The zero-order valence-electron chi connectivity index (χ0n) is 42.0. The average Bonchev–Trinajstić information content (AvgIpc) is 4.15. The van der Waals surface area contributed by atoms with Gasteiger partial charge in [0.15, 0.2) is 5.58 Å². The van der Waals surface area contributed by atoms with E-state index in [0.29, 0.717) is 0 Å².